The van der Waals surface area contributed by atoms with Crippen molar-refractivity contribution in [3.63, 3.8) is 0 Å². The number of hydrogen-bond acceptors (Lipinski definition) is 3. The molecule has 2 N–H and O–H groups in total. The van der Waals surface area contributed by atoms with Gasteiger partial charge in [-0.2, -0.15) is 5.26 Å². The number of hydrogen-bond donors (Lipinski definition) is 1. The number of benzene rings is 2. The second kappa shape index (κ2) is 5.57. The molecule has 0 aliphatic heterocycles. The molecule has 5 heteroatoms. The maximum atomic E-state index is 13.7. The molecule has 0 aliphatic carbocycles. The van der Waals surface area contributed by atoms with Crippen LogP contribution in [0.4, 0.5) is 14.5 Å². The fraction of sp³-hybridized carbons (Fsp3) is 0.133. The van der Waals surface area contributed by atoms with Crippen molar-refractivity contribution in [1.29, 1.82) is 5.26 Å². The van der Waals surface area contributed by atoms with E-state index in [1.54, 1.807) is 24.3 Å². The highest BCUT2D eigenvalue weighted by Gasteiger charge is 2.15. The largest absolute Gasteiger partial charge is 0.449 e. The van der Waals surface area contributed by atoms with Gasteiger partial charge < -0.3 is 10.5 Å². The standard InChI is InChI=1S/C15H12F2N2O/c1-2-9-3-4-14(13(19)7-9)20-15-11(16)5-10(8-18)6-12(15)17/h3-7H,2,19H2,1H3. The summed E-state index contributed by atoms with van der Waals surface area (Å²) in [5, 5.41) is 8.62. The maximum Gasteiger partial charge on any atom is 0.198 e. The van der Waals surface area contributed by atoms with Crippen molar-refractivity contribution in [2.24, 2.45) is 0 Å². The van der Waals surface area contributed by atoms with Gasteiger partial charge in [0.25, 0.3) is 0 Å². The molecule has 3 nitrogen and oxygen atoms in total. The topological polar surface area (TPSA) is 59.0 Å². The highest BCUT2D eigenvalue weighted by atomic mass is 19.1. The van der Waals surface area contributed by atoms with Gasteiger partial charge in [-0.05, 0) is 36.2 Å². The summed E-state index contributed by atoms with van der Waals surface area (Å²) in [7, 11) is 0. The number of nitrogens with two attached hydrogens (primary N) is 1. The van der Waals surface area contributed by atoms with E-state index in [1.165, 1.54) is 0 Å². The van der Waals surface area contributed by atoms with Crippen LogP contribution in [0.25, 0.3) is 0 Å². The number of anilines is 1. The van der Waals surface area contributed by atoms with Crippen molar-refractivity contribution in [3.05, 3.63) is 53.1 Å². The Morgan fingerprint density at radius 1 is 1.20 bits per heavy atom. The average Bonchev–Trinajstić information content (AvgIpc) is 2.43. The molecule has 0 radical (unpaired) electrons. The SMILES string of the molecule is CCc1ccc(Oc2c(F)cc(C#N)cc2F)c(N)c1. The summed E-state index contributed by atoms with van der Waals surface area (Å²) < 4.78 is 32.6. The first-order valence-electron chi connectivity index (χ1n) is 6.00. The van der Waals surface area contributed by atoms with Gasteiger partial charge in [-0.15, -0.1) is 0 Å². The van der Waals surface area contributed by atoms with Gasteiger partial charge in [0.05, 0.1) is 17.3 Å². The number of nitrogens with zero attached hydrogens (tertiary/aromatic N) is 1. The van der Waals surface area contributed by atoms with E-state index in [4.69, 9.17) is 15.7 Å². The molecule has 0 amide bonds. The van der Waals surface area contributed by atoms with E-state index in [1.807, 2.05) is 6.92 Å². The molecule has 0 unspecified atom stereocenters. The average molecular weight is 274 g/mol. The van der Waals surface area contributed by atoms with Gasteiger partial charge >= 0.3 is 0 Å². The third-order valence-electron chi connectivity index (χ3n) is 2.82. The summed E-state index contributed by atoms with van der Waals surface area (Å²) in [6.45, 7) is 1.97. The first-order valence-corrected chi connectivity index (χ1v) is 6.00. The van der Waals surface area contributed by atoms with Crippen molar-refractivity contribution in [2.75, 3.05) is 5.73 Å². The summed E-state index contributed by atoms with van der Waals surface area (Å²) in [6, 6.07) is 8.51. The van der Waals surface area contributed by atoms with Gasteiger partial charge in [-0.1, -0.05) is 13.0 Å². The summed E-state index contributed by atoms with van der Waals surface area (Å²) in [5.74, 6) is -2.29. The van der Waals surface area contributed by atoms with Crippen LogP contribution in [0.2, 0.25) is 0 Å². The van der Waals surface area contributed by atoms with E-state index >= 15 is 0 Å². The zero-order chi connectivity index (χ0) is 14.7. The van der Waals surface area contributed by atoms with Crippen molar-refractivity contribution < 1.29 is 13.5 Å². The van der Waals surface area contributed by atoms with Crippen LogP contribution in [0.1, 0.15) is 18.1 Å². The molecule has 0 aromatic heterocycles. The lowest BCUT2D eigenvalue weighted by Crippen LogP contribution is -1.98. The monoisotopic (exact) mass is 274 g/mol. The lowest BCUT2D eigenvalue weighted by Gasteiger charge is -2.11. The highest BCUT2D eigenvalue weighted by Crippen LogP contribution is 2.32. The third-order valence-corrected chi connectivity index (χ3v) is 2.82. The van der Waals surface area contributed by atoms with Crippen molar-refractivity contribution in [1.82, 2.24) is 0 Å². The fourth-order valence-electron chi connectivity index (χ4n) is 1.74. The Kier molecular flexibility index (Phi) is 3.85. The summed E-state index contributed by atoms with van der Waals surface area (Å²) in [6.07, 6.45) is 0.796. The second-order valence-corrected chi connectivity index (χ2v) is 4.21. The second-order valence-electron chi connectivity index (χ2n) is 4.21. The van der Waals surface area contributed by atoms with Gasteiger partial charge in [0.2, 0.25) is 0 Å². The van der Waals surface area contributed by atoms with Crippen molar-refractivity contribution >= 4 is 5.69 Å². The first-order chi connectivity index (χ1) is 9.55. The van der Waals surface area contributed by atoms with E-state index in [2.05, 4.69) is 0 Å². The predicted molar refractivity (Wildman–Crippen MR) is 71.4 cm³/mol. The van der Waals surface area contributed by atoms with E-state index in [-0.39, 0.29) is 11.3 Å². The zero-order valence-corrected chi connectivity index (χ0v) is 10.8. The molecule has 0 atom stereocenters. The number of halogens is 2. The minimum Gasteiger partial charge on any atom is -0.449 e. The third kappa shape index (κ3) is 2.69. The number of aryl methyl sites for hydroxylation is 1. The van der Waals surface area contributed by atoms with Crippen molar-refractivity contribution in [2.45, 2.75) is 13.3 Å². The fourth-order valence-corrected chi connectivity index (χ4v) is 1.74. The maximum absolute atomic E-state index is 13.7. The zero-order valence-electron chi connectivity index (χ0n) is 10.8. The van der Waals surface area contributed by atoms with Crippen LogP contribution >= 0.6 is 0 Å². The lowest BCUT2D eigenvalue weighted by atomic mass is 10.1. The van der Waals surface area contributed by atoms with Crippen LogP contribution in [0.15, 0.2) is 30.3 Å². The van der Waals surface area contributed by atoms with Crippen LogP contribution in [0, 0.1) is 23.0 Å². The molecule has 0 fully saturated rings. The molecule has 102 valence electrons. The number of ether oxygens (including phenoxy) is 1. The Morgan fingerprint density at radius 3 is 2.35 bits per heavy atom. The van der Waals surface area contributed by atoms with Gasteiger partial charge in [0, 0.05) is 0 Å². The Hall–Kier alpha value is -2.61. The summed E-state index contributed by atoms with van der Waals surface area (Å²) >= 11 is 0. The van der Waals surface area contributed by atoms with Gasteiger partial charge in [0.1, 0.15) is 0 Å². The molecule has 2 rings (SSSR count). The van der Waals surface area contributed by atoms with E-state index in [0.717, 1.165) is 24.1 Å². The van der Waals surface area contributed by atoms with Crippen LogP contribution in [0.5, 0.6) is 11.5 Å². The van der Waals surface area contributed by atoms with Gasteiger partial charge in [0.15, 0.2) is 23.1 Å². The molecule has 0 saturated carbocycles. The predicted octanol–water partition coefficient (Wildman–Crippen LogP) is 3.77. The number of rotatable bonds is 3. The Balaban J connectivity index is 2.38. The van der Waals surface area contributed by atoms with E-state index in [0.29, 0.717) is 5.69 Å². The molecule has 20 heavy (non-hydrogen) atoms. The molecule has 2 aromatic carbocycles. The minimum absolute atomic E-state index is 0.110. The van der Waals surface area contributed by atoms with Gasteiger partial charge in [-0.3, -0.25) is 0 Å². The lowest BCUT2D eigenvalue weighted by molar-refractivity contribution is 0.408. The number of nitriles is 1. The van der Waals surface area contributed by atoms with Crippen LogP contribution in [0.3, 0.4) is 0 Å². The molecular weight excluding hydrogens is 262 g/mol. The Labute approximate surface area is 115 Å². The van der Waals surface area contributed by atoms with Crippen LogP contribution in [-0.2, 0) is 6.42 Å². The summed E-state index contributed by atoms with van der Waals surface area (Å²) in [5.41, 5.74) is 6.96. The van der Waals surface area contributed by atoms with Crippen LogP contribution < -0.4 is 10.5 Å². The quantitative estimate of drug-likeness (QED) is 0.866. The Morgan fingerprint density at radius 2 is 1.85 bits per heavy atom. The Bertz CT molecular complexity index is 670. The molecule has 0 saturated heterocycles. The minimum atomic E-state index is -0.944. The van der Waals surface area contributed by atoms with Gasteiger partial charge in [-0.25, -0.2) is 8.78 Å². The highest BCUT2D eigenvalue weighted by molar-refractivity contribution is 5.56. The van der Waals surface area contributed by atoms with E-state index < -0.39 is 17.4 Å². The molecule has 0 bridgehead atoms. The van der Waals surface area contributed by atoms with Crippen LogP contribution in [-0.4, -0.2) is 0 Å². The molecular formula is C15H12F2N2O. The van der Waals surface area contributed by atoms with Crippen molar-refractivity contribution in [3.8, 4) is 17.6 Å². The molecule has 0 aliphatic rings. The summed E-state index contributed by atoms with van der Waals surface area (Å²) in [4.78, 5) is 0. The van der Waals surface area contributed by atoms with E-state index in [9.17, 15) is 8.78 Å². The number of nitrogen functional groups attached to an aromatic ring is 1. The molecule has 0 heterocycles. The smallest absolute Gasteiger partial charge is 0.198 e. The normalized spacial score (nSPS) is 10.1. The first kappa shape index (κ1) is 13.8. The molecule has 2 aromatic rings. The molecule has 0 spiro atoms.